The fraction of sp³-hybridized carbons (Fsp3) is 0.250. The van der Waals surface area contributed by atoms with Gasteiger partial charge in [0.25, 0.3) is 0 Å². The van der Waals surface area contributed by atoms with Gasteiger partial charge in [-0.2, -0.15) is 5.26 Å². The van der Waals surface area contributed by atoms with Crippen molar-refractivity contribution in [2.75, 3.05) is 6.61 Å². The van der Waals surface area contributed by atoms with Crippen LogP contribution in [0.5, 0.6) is 0 Å². The van der Waals surface area contributed by atoms with Crippen LogP contribution in [0.2, 0.25) is 0 Å². The summed E-state index contributed by atoms with van der Waals surface area (Å²) >= 11 is 3.26. The fourth-order valence-corrected chi connectivity index (χ4v) is 3.68. The molecule has 0 saturated heterocycles. The number of hydrogen-bond donors (Lipinski definition) is 0. The third-order valence-corrected chi connectivity index (χ3v) is 5.03. The number of nitriles is 1. The van der Waals surface area contributed by atoms with E-state index in [0.717, 1.165) is 3.57 Å². The van der Waals surface area contributed by atoms with Crippen LogP contribution < -0.4 is 0 Å². The van der Waals surface area contributed by atoms with Crippen molar-refractivity contribution in [3.8, 4) is 6.07 Å². The van der Waals surface area contributed by atoms with Crippen molar-refractivity contribution >= 4 is 39.9 Å². The average molecular weight is 429 g/mol. The summed E-state index contributed by atoms with van der Waals surface area (Å²) in [4.78, 5) is 13.2. The van der Waals surface area contributed by atoms with E-state index in [-0.39, 0.29) is 18.8 Å². The Labute approximate surface area is 145 Å². The van der Waals surface area contributed by atoms with Crippen molar-refractivity contribution in [2.24, 2.45) is 0 Å². The van der Waals surface area contributed by atoms with Crippen LogP contribution in [0.3, 0.4) is 0 Å². The van der Waals surface area contributed by atoms with E-state index < -0.39 is 5.97 Å². The Bertz CT molecular complexity index is 764. The summed E-state index contributed by atoms with van der Waals surface area (Å²) in [6.07, 6.45) is 0.268. The Kier molecular flexibility index (Phi) is 5.53. The zero-order valence-electron chi connectivity index (χ0n) is 12.1. The predicted molar refractivity (Wildman–Crippen MR) is 91.7 cm³/mol. The first-order valence-electron chi connectivity index (χ1n) is 6.61. The first kappa shape index (κ1) is 16.9. The second-order valence-electron chi connectivity index (χ2n) is 4.60. The van der Waals surface area contributed by atoms with E-state index in [1.54, 1.807) is 19.9 Å². The number of carbonyl (C=O) groups excluding carboxylic acids is 1. The molecule has 0 spiro atoms. The van der Waals surface area contributed by atoms with E-state index in [4.69, 9.17) is 10.00 Å². The molecule has 114 valence electrons. The van der Waals surface area contributed by atoms with Crippen molar-refractivity contribution in [2.45, 2.75) is 20.3 Å². The molecule has 0 N–H and O–H groups in total. The lowest BCUT2D eigenvalue weighted by Gasteiger charge is -2.06. The van der Waals surface area contributed by atoms with E-state index in [1.165, 1.54) is 17.4 Å². The topological polar surface area (TPSA) is 50.1 Å². The standard InChI is InChI=1S/C16H13FINO2S/c1-3-21-16(20)15-9(2)14(8-19)22-13(15)6-10-4-5-11(18)7-12(10)17/h4-5,7H,3,6H2,1-2H3. The molecule has 0 saturated carbocycles. The van der Waals surface area contributed by atoms with Gasteiger partial charge in [-0.15, -0.1) is 11.3 Å². The quantitative estimate of drug-likeness (QED) is 0.534. The number of halogens is 2. The molecule has 2 rings (SSSR count). The third-order valence-electron chi connectivity index (χ3n) is 3.17. The molecule has 3 nitrogen and oxygen atoms in total. The number of rotatable bonds is 4. The molecule has 0 aliphatic rings. The molecule has 0 bridgehead atoms. The Hall–Kier alpha value is -1.46. The van der Waals surface area contributed by atoms with E-state index in [0.29, 0.717) is 26.4 Å². The van der Waals surface area contributed by atoms with Crippen LogP contribution in [0.15, 0.2) is 18.2 Å². The first-order valence-corrected chi connectivity index (χ1v) is 8.50. The molecule has 0 aliphatic carbocycles. The number of hydrogen-bond acceptors (Lipinski definition) is 4. The van der Waals surface area contributed by atoms with Gasteiger partial charge in [-0.05, 0) is 59.7 Å². The predicted octanol–water partition coefficient (Wildman–Crippen LogP) is 4.44. The molecule has 1 aromatic heterocycles. The lowest BCUT2D eigenvalue weighted by atomic mass is 10.0. The number of esters is 1. The average Bonchev–Trinajstić information content (AvgIpc) is 2.78. The van der Waals surface area contributed by atoms with Crippen LogP contribution in [0, 0.1) is 27.6 Å². The first-order chi connectivity index (χ1) is 10.5. The second-order valence-corrected chi connectivity index (χ2v) is 6.95. The molecule has 1 heterocycles. The Morgan fingerprint density at radius 3 is 2.82 bits per heavy atom. The number of benzene rings is 1. The summed E-state index contributed by atoms with van der Waals surface area (Å²) < 4.78 is 19.9. The molecule has 0 fully saturated rings. The number of ether oxygens (including phenoxy) is 1. The molecule has 1 aromatic carbocycles. The number of carbonyl (C=O) groups is 1. The molecule has 2 aromatic rings. The second kappa shape index (κ2) is 7.20. The Morgan fingerprint density at radius 1 is 1.50 bits per heavy atom. The summed E-state index contributed by atoms with van der Waals surface area (Å²) in [5.74, 6) is -0.773. The highest BCUT2D eigenvalue weighted by Crippen LogP contribution is 2.31. The van der Waals surface area contributed by atoms with Gasteiger partial charge in [-0.25, -0.2) is 9.18 Å². The summed E-state index contributed by atoms with van der Waals surface area (Å²) in [6, 6.07) is 7.04. The minimum atomic E-state index is -0.460. The summed E-state index contributed by atoms with van der Waals surface area (Å²) in [5.41, 5.74) is 1.49. The maximum Gasteiger partial charge on any atom is 0.339 e. The molecular formula is C16H13FINO2S. The zero-order valence-corrected chi connectivity index (χ0v) is 15.0. The van der Waals surface area contributed by atoms with Crippen LogP contribution in [0.25, 0.3) is 0 Å². The minimum absolute atomic E-state index is 0.257. The molecular weight excluding hydrogens is 416 g/mol. The van der Waals surface area contributed by atoms with Crippen molar-refractivity contribution in [1.82, 2.24) is 0 Å². The van der Waals surface area contributed by atoms with Crippen LogP contribution in [0.1, 0.15) is 38.2 Å². The van der Waals surface area contributed by atoms with Gasteiger partial charge in [0.1, 0.15) is 16.8 Å². The highest BCUT2D eigenvalue weighted by atomic mass is 127. The molecule has 0 radical (unpaired) electrons. The van der Waals surface area contributed by atoms with E-state index in [9.17, 15) is 9.18 Å². The van der Waals surface area contributed by atoms with Gasteiger partial charge >= 0.3 is 5.97 Å². The van der Waals surface area contributed by atoms with E-state index in [1.807, 2.05) is 28.7 Å². The van der Waals surface area contributed by atoms with Crippen molar-refractivity contribution in [3.05, 3.63) is 54.0 Å². The van der Waals surface area contributed by atoms with E-state index in [2.05, 4.69) is 6.07 Å². The highest BCUT2D eigenvalue weighted by Gasteiger charge is 2.23. The van der Waals surface area contributed by atoms with Gasteiger partial charge in [-0.3, -0.25) is 0 Å². The van der Waals surface area contributed by atoms with Crippen molar-refractivity contribution in [1.29, 1.82) is 5.26 Å². The molecule has 6 heteroatoms. The lowest BCUT2D eigenvalue weighted by molar-refractivity contribution is 0.0525. The summed E-state index contributed by atoms with van der Waals surface area (Å²) in [7, 11) is 0. The van der Waals surface area contributed by atoms with Gasteiger partial charge < -0.3 is 4.74 Å². The summed E-state index contributed by atoms with van der Waals surface area (Å²) in [6.45, 7) is 3.70. The Morgan fingerprint density at radius 2 is 2.23 bits per heavy atom. The monoisotopic (exact) mass is 429 g/mol. The Balaban J connectivity index is 2.46. The molecule has 0 amide bonds. The van der Waals surface area contributed by atoms with Gasteiger partial charge in [0.05, 0.1) is 12.2 Å². The van der Waals surface area contributed by atoms with Gasteiger partial charge in [0, 0.05) is 14.9 Å². The van der Waals surface area contributed by atoms with Crippen LogP contribution >= 0.6 is 33.9 Å². The minimum Gasteiger partial charge on any atom is -0.462 e. The molecule has 0 aliphatic heterocycles. The smallest absolute Gasteiger partial charge is 0.339 e. The maximum atomic E-state index is 14.0. The fourth-order valence-electron chi connectivity index (χ4n) is 2.11. The van der Waals surface area contributed by atoms with Gasteiger partial charge in [-0.1, -0.05) is 6.07 Å². The van der Waals surface area contributed by atoms with Crippen molar-refractivity contribution < 1.29 is 13.9 Å². The highest BCUT2D eigenvalue weighted by molar-refractivity contribution is 14.1. The van der Waals surface area contributed by atoms with Gasteiger partial charge in [0.15, 0.2) is 0 Å². The molecule has 22 heavy (non-hydrogen) atoms. The zero-order chi connectivity index (χ0) is 16.3. The molecule has 0 atom stereocenters. The van der Waals surface area contributed by atoms with Crippen LogP contribution in [0.4, 0.5) is 4.39 Å². The largest absolute Gasteiger partial charge is 0.462 e. The molecule has 0 unspecified atom stereocenters. The third kappa shape index (κ3) is 3.47. The summed E-state index contributed by atoms with van der Waals surface area (Å²) in [5, 5.41) is 9.16. The van der Waals surface area contributed by atoms with Crippen LogP contribution in [-0.2, 0) is 11.2 Å². The normalized spacial score (nSPS) is 10.3. The van der Waals surface area contributed by atoms with Gasteiger partial charge in [0.2, 0.25) is 0 Å². The SMILES string of the molecule is CCOC(=O)c1c(Cc2ccc(I)cc2F)sc(C#N)c1C. The number of nitrogens with zero attached hydrogens (tertiary/aromatic N) is 1. The number of thiophene rings is 1. The van der Waals surface area contributed by atoms with Crippen molar-refractivity contribution in [3.63, 3.8) is 0 Å². The van der Waals surface area contributed by atoms with E-state index >= 15 is 0 Å². The lowest BCUT2D eigenvalue weighted by Crippen LogP contribution is -2.08. The van der Waals surface area contributed by atoms with Crippen LogP contribution in [-0.4, -0.2) is 12.6 Å². The maximum absolute atomic E-state index is 14.0.